The Morgan fingerprint density at radius 3 is 2.68 bits per heavy atom. The number of aromatic nitrogens is 3. The lowest BCUT2D eigenvalue weighted by Crippen LogP contribution is -2.23. The van der Waals surface area contributed by atoms with Crippen molar-refractivity contribution in [3.63, 3.8) is 0 Å². The number of hydrogen-bond acceptors (Lipinski definition) is 4. The Hall–Kier alpha value is -2.76. The van der Waals surface area contributed by atoms with Crippen LogP contribution in [0.3, 0.4) is 0 Å². The number of nitrogens with zero attached hydrogens (tertiary/aromatic N) is 3. The Morgan fingerprint density at radius 2 is 1.92 bits per heavy atom. The van der Waals surface area contributed by atoms with Crippen LogP contribution in [0.2, 0.25) is 5.02 Å². The summed E-state index contributed by atoms with van der Waals surface area (Å²) in [6, 6.07) is 17.2. The molecular formula is C19H12ClN3OS. The minimum Gasteiger partial charge on any atom is -0.266 e. The summed E-state index contributed by atoms with van der Waals surface area (Å²) >= 11 is 7.31. The molecule has 6 heteroatoms. The van der Waals surface area contributed by atoms with Gasteiger partial charge in [-0.25, -0.2) is 0 Å². The lowest BCUT2D eigenvalue weighted by molar-refractivity contribution is 0.937. The molecule has 0 bridgehead atoms. The summed E-state index contributed by atoms with van der Waals surface area (Å²) in [7, 11) is 0. The minimum atomic E-state index is -0.168. The smallest absolute Gasteiger partial charge is 0.266 e. The number of allylic oxidation sites excluding steroid dienone is 1. The number of halogens is 1. The molecular weight excluding hydrogens is 354 g/mol. The van der Waals surface area contributed by atoms with E-state index >= 15 is 0 Å². The van der Waals surface area contributed by atoms with Gasteiger partial charge < -0.3 is 0 Å². The molecule has 4 rings (SSSR count). The van der Waals surface area contributed by atoms with Gasteiger partial charge in [0.2, 0.25) is 4.96 Å². The molecule has 0 unspecified atom stereocenters. The third-order valence-corrected chi connectivity index (χ3v) is 4.81. The summed E-state index contributed by atoms with van der Waals surface area (Å²) in [4.78, 5) is 17.5. The van der Waals surface area contributed by atoms with Gasteiger partial charge in [-0.05, 0) is 23.8 Å². The SMILES string of the molecule is O=c1c(=CC=Cc2ccccc2)sc2nc(-c3cccc(Cl)c3)nn12. The highest BCUT2D eigenvalue weighted by Crippen LogP contribution is 2.20. The largest absolute Gasteiger partial charge is 0.291 e. The van der Waals surface area contributed by atoms with Gasteiger partial charge in [-0.15, -0.1) is 5.10 Å². The maximum atomic E-state index is 12.5. The van der Waals surface area contributed by atoms with Gasteiger partial charge in [0.15, 0.2) is 5.82 Å². The van der Waals surface area contributed by atoms with E-state index in [0.717, 1.165) is 11.1 Å². The van der Waals surface area contributed by atoms with E-state index in [1.54, 1.807) is 18.2 Å². The third kappa shape index (κ3) is 3.24. The molecule has 0 atom stereocenters. The topological polar surface area (TPSA) is 47.3 Å². The van der Waals surface area contributed by atoms with Gasteiger partial charge in [0.1, 0.15) is 0 Å². The quantitative estimate of drug-likeness (QED) is 0.556. The molecule has 0 aliphatic carbocycles. The van der Waals surface area contributed by atoms with Gasteiger partial charge >= 0.3 is 0 Å². The van der Waals surface area contributed by atoms with E-state index in [2.05, 4.69) is 10.1 Å². The fraction of sp³-hybridized carbons (Fsp3) is 0. The predicted molar refractivity (Wildman–Crippen MR) is 103 cm³/mol. The molecule has 2 aromatic heterocycles. The van der Waals surface area contributed by atoms with E-state index in [9.17, 15) is 4.79 Å². The summed E-state index contributed by atoms with van der Waals surface area (Å²) in [6.07, 6.45) is 5.60. The Balaban J connectivity index is 1.70. The van der Waals surface area contributed by atoms with Crippen LogP contribution < -0.4 is 10.1 Å². The lowest BCUT2D eigenvalue weighted by atomic mass is 10.2. The van der Waals surface area contributed by atoms with E-state index in [0.29, 0.717) is 20.3 Å². The van der Waals surface area contributed by atoms with Crippen molar-refractivity contribution < 1.29 is 0 Å². The van der Waals surface area contributed by atoms with E-state index in [4.69, 9.17) is 11.6 Å². The number of fused-ring (bicyclic) bond motifs is 1. The molecule has 0 spiro atoms. The molecule has 0 saturated carbocycles. The average Bonchev–Trinajstić information content (AvgIpc) is 3.16. The number of thiazole rings is 1. The third-order valence-electron chi connectivity index (χ3n) is 3.60. The second-order valence-corrected chi connectivity index (χ2v) is 6.79. The molecule has 0 aliphatic heterocycles. The lowest BCUT2D eigenvalue weighted by Gasteiger charge is -1.94. The molecule has 25 heavy (non-hydrogen) atoms. The van der Waals surface area contributed by atoms with Crippen molar-refractivity contribution in [2.45, 2.75) is 0 Å². The van der Waals surface area contributed by atoms with Crippen molar-refractivity contribution in [2.75, 3.05) is 0 Å². The zero-order chi connectivity index (χ0) is 17.2. The number of rotatable bonds is 3. The van der Waals surface area contributed by atoms with E-state index < -0.39 is 0 Å². The fourth-order valence-electron chi connectivity index (χ4n) is 2.41. The van der Waals surface area contributed by atoms with E-state index in [1.165, 1.54) is 15.9 Å². The first-order chi connectivity index (χ1) is 12.2. The van der Waals surface area contributed by atoms with Crippen LogP contribution in [0.4, 0.5) is 0 Å². The summed E-state index contributed by atoms with van der Waals surface area (Å²) < 4.78 is 1.93. The molecule has 0 amide bonds. The zero-order valence-electron chi connectivity index (χ0n) is 13.0. The molecule has 4 nitrogen and oxygen atoms in total. The van der Waals surface area contributed by atoms with Gasteiger partial charge in [0.25, 0.3) is 5.56 Å². The summed E-state index contributed by atoms with van der Waals surface area (Å²) in [6.45, 7) is 0. The maximum absolute atomic E-state index is 12.5. The van der Waals surface area contributed by atoms with Gasteiger partial charge in [-0.2, -0.15) is 9.50 Å². The maximum Gasteiger partial charge on any atom is 0.291 e. The monoisotopic (exact) mass is 365 g/mol. The van der Waals surface area contributed by atoms with Crippen LogP contribution in [0, 0.1) is 0 Å². The van der Waals surface area contributed by atoms with Crippen LogP contribution in [0.5, 0.6) is 0 Å². The summed E-state index contributed by atoms with van der Waals surface area (Å²) in [5, 5.41) is 4.92. The van der Waals surface area contributed by atoms with Crippen LogP contribution in [-0.4, -0.2) is 14.6 Å². The van der Waals surface area contributed by atoms with Crippen molar-refractivity contribution in [2.24, 2.45) is 0 Å². The number of benzene rings is 2. The van der Waals surface area contributed by atoms with Crippen LogP contribution >= 0.6 is 22.9 Å². The first kappa shape index (κ1) is 15.7. The van der Waals surface area contributed by atoms with E-state index in [1.807, 2.05) is 54.6 Å². The van der Waals surface area contributed by atoms with Crippen LogP contribution in [0.25, 0.3) is 28.5 Å². The first-order valence-corrected chi connectivity index (χ1v) is 8.79. The van der Waals surface area contributed by atoms with Crippen molar-refractivity contribution in [3.05, 3.63) is 86.1 Å². The van der Waals surface area contributed by atoms with Gasteiger partial charge in [0, 0.05) is 10.6 Å². The molecule has 0 radical (unpaired) electrons. The van der Waals surface area contributed by atoms with Crippen LogP contribution in [0.15, 0.2) is 65.5 Å². The Morgan fingerprint density at radius 1 is 1.08 bits per heavy atom. The van der Waals surface area contributed by atoms with Crippen LogP contribution in [-0.2, 0) is 0 Å². The second kappa shape index (κ2) is 6.63. The summed E-state index contributed by atoms with van der Waals surface area (Å²) in [5.41, 5.74) is 1.70. The predicted octanol–water partition coefficient (Wildman–Crippen LogP) is 3.68. The van der Waals surface area contributed by atoms with Crippen molar-refractivity contribution in [1.29, 1.82) is 0 Å². The highest BCUT2D eigenvalue weighted by atomic mass is 35.5. The highest BCUT2D eigenvalue weighted by Gasteiger charge is 2.11. The first-order valence-electron chi connectivity index (χ1n) is 7.60. The zero-order valence-corrected chi connectivity index (χ0v) is 14.5. The van der Waals surface area contributed by atoms with Crippen molar-refractivity contribution in [1.82, 2.24) is 14.6 Å². The Labute approximate surface area is 152 Å². The molecule has 0 fully saturated rings. The summed E-state index contributed by atoms with van der Waals surface area (Å²) in [5.74, 6) is 0.497. The molecule has 122 valence electrons. The molecule has 2 heterocycles. The average molecular weight is 366 g/mol. The molecule has 0 aliphatic rings. The van der Waals surface area contributed by atoms with E-state index in [-0.39, 0.29) is 5.56 Å². The normalized spacial score (nSPS) is 12.4. The standard InChI is InChI=1S/C19H12ClN3OS/c20-15-10-5-9-14(12-15)17-21-19-23(22-17)18(24)16(25-19)11-4-8-13-6-2-1-3-7-13/h1-12H. The molecule has 0 N–H and O–H groups in total. The van der Waals surface area contributed by atoms with Crippen molar-refractivity contribution >= 4 is 40.1 Å². The molecule has 0 saturated heterocycles. The fourth-order valence-corrected chi connectivity index (χ4v) is 3.46. The van der Waals surface area contributed by atoms with Crippen molar-refractivity contribution in [3.8, 4) is 11.4 Å². The highest BCUT2D eigenvalue weighted by molar-refractivity contribution is 7.15. The van der Waals surface area contributed by atoms with Gasteiger partial charge in [0.05, 0.1) is 4.53 Å². The van der Waals surface area contributed by atoms with Gasteiger partial charge in [-0.3, -0.25) is 4.79 Å². The molecule has 2 aromatic carbocycles. The minimum absolute atomic E-state index is 0.168. The Kier molecular flexibility index (Phi) is 4.17. The molecule has 4 aromatic rings. The van der Waals surface area contributed by atoms with Crippen LogP contribution in [0.1, 0.15) is 5.56 Å². The van der Waals surface area contributed by atoms with Gasteiger partial charge in [-0.1, -0.05) is 77.6 Å². The number of hydrogen-bond donors (Lipinski definition) is 0. The Bertz CT molecular complexity index is 1180. The second-order valence-electron chi connectivity index (χ2n) is 5.35.